The van der Waals surface area contributed by atoms with Crippen LogP contribution < -0.4 is 0 Å². The Balaban J connectivity index is 2.21. The second-order valence-corrected chi connectivity index (χ2v) is 8.53. The van der Waals surface area contributed by atoms with Crippen molar-refractivity contribution in [1.82, 2.24) is 0 Å². The molecular formula is C20H30O4. The van der Waals surface area contributed by atoms with Gasteiger partial charge in [-0.05, 0) is 42.6 Å². The third kappa shape index (κ3) is 2.34. The fraction of sp³-hybridized carbons (Fsp3) is 0.700. The van der Waals surface area contributed by atoms with E-state index in [2.05, 4.69) is 13.8 Å². The van der Waals surface area contributed by atoms with Crippen molar-refractivity contribution in [1.29, 1.82) is 0 Å². The van der Waals surface area contributed by atoms with E-state index in [1.54, 1.807) is 0 Å². The van der Waals surface area contributed by atoms with Crippen LogP contribution in [0.4, 0.5) is 0 Å². The van der Waals surface area contributed by atoms with Crippen LogP contribution in [0.1, 0.15) is 69.1 Å². The molecule has 0 unspecified atom stereocenters. The predicted octanol–water partition coefficient (Wildman–Crippen LogP) is 3.20. The summed E-state index contributed by atoms with van der Waals surface area (Å²) in [5.74, 6) is -0.152. The molecule has 2 aliphatic carbocycles. The third-order valence-electron chi connectivity index (χ3n) is 6.73. The van der Waals surface area contributed by atoms with Crippen LogP contribution in [-0.2, 0) is 11.8 Å². The first kappa shape index (κ1) is 17.6. The number of aryl methyl sites for hydroxylation is 1. The van der Waals surface area contributed by atoms with Gasteiger partial charge in [-0.15, -0.1) is 0 Å². The van der Waals surface area contributed by atoms with Gasteiger partial charge in [0.1, 0.15) is 0 Å². The minimum absolute atomic E-state index is 0.00397. The number of aliphatic hydroxyl groups excluding tert-OH is 2. The summed E-state index contributed by atoms with van der Waals surface area (Å²) in [6.07, 6.45) is 4.80. The molecule has 24 heavy (non-hydrogen) atoms. The minimum atomic E-state index is -0.474. The van der Waals surface area contributed by atoms with Crippen molar-refractivity contribution in [3.05, 3.63) is 22.8 Å². The molecular weight excluding hydrogens is 304 g/mol. The van der Waals surface area contributed by atoms with E-state index in [1.165, 1.54) is 0 Å². The molecule has 0 heterocycles. The number of aliphatic hydroxyl groups is 2. The molecule has 134 valence electrons. The second kappa shape index (κ2) is 5.92. The lowest BCUT2D eigenvalue weighted by atomic mass is 9.49. The summed E-state index contributed by atoms with van der Waals surface area (Å²) < 4.78 is 0. The van der Waals surface area contributed by atoms with E-state index in [9.17, 15) is 20.4 Å². The van der Waals surface area contributed by atoms with Gasteiger partial charge in [-0.25, -0.2) is 0 Å². The second-order valence-electron chi connectivity index (χ2n) is 8.53. The maximum absolute atomic E-state index is 10.8. The van der Waals surface area contributed by atoms with Crippen molar-refractivity contribution >= 4 is 0 Å². The van der Waals surface area contributed by atoms with Gasteiger partial charge in [0.15, 0.2) is 11.5 Å². The Hall–Kier alpha value is -1.26. The molecule has 4 nitrogen and oxygen atoms in total. The van der Waals surface area contributed by atoms with Crippen molar-refractivity contribution in [3.8, 4) is 11.5 Å². The van der Waals surface area contributed by atoms with E-state index in [-0.39, 0.29) is 36.0 Å². The van der Waals surface area contributed by atoms with Crippen LogP contribution in [0.25, 0.3) is 0 Å². The molecule has 1 aromatic carbocycles. The topological polar surface area (TPSA) is 80.9 Å². The molecule has 0 aromatic heterocycles. The highest BCUT2D eigenvalue weighted by atomic mass is 16.3. The molecule has 0 bridgehead atoms. The molecule has 4 heteroatoms. The molecule has 0 amide bonds. The summed E-state index contributed by atoms with van der Waals surface area (Å²) in [5.41, 5.74) is 2.00. The van der Waals surface area contributed by atoms with Gasteiger partial charge in [0.25, 0.3) is 0 Å². The van der Waals surface area contributed by atoms with Gasteiger partial charge in [0, 0.05) is 29.1 Å². The molecule has 1 fully saturated rings. The number of phenols is 2. The maximum atomic E-state index is 10.8. The zero-order chi connectivity index (χ0) is 17.7. The van der Waals surface area contributed by atoms with Crippen LogP contribution in [0.2, 0.25) is 0 Å². The van der Waals surface area contributed by atoms with E-state index < -0.39 is 5.41 Å². The van der Waals surface area contributed by atoms with Gasteiger partial charge in [0.2, 0.25) is 0 Å². The summed E-state index contributed by atoms with van der Waals surface area (Å²) in [5, 5.41) is 41.2. The standard InChI is InChI=1S/C20H30O4/c1-12(10-21)14-9-13-5-6-15-19(2,3)7-4-8-20(15,11-22)16(13)18(24)17(14)23/h9,12,15,21-24H,4-8,10-11H2,1-3H3/t12-,15-,20-/m1/s1. The SMILES string of the molecule is C[C@H](CO)c1cc2c(c(O)c1O)[C@@]1(CO)CCCC(C)(C)[C@H]1CC2. The first-order valence-corrected chi connectivity index (χ1v) is 9.08. The lowest BCUT2D eigenvalue weighted by Gasteiger charge is -2.55. The summed E-state index contributed by atoms with van der Waals surface area (Å²) in [7, 11) is 0. The molecule has 0 aliphatic heterocycles. The fourth-order valence-electron chi connectivity index (χ4n) is 5.45. The van der Waals surface area contributed by atoms with Crippen LogP contribution >= 0.6 is 0 Å². The predicted molar refractivity (Wildman–Crippen MR) is 93.5 cm³/mol. The van der Waals surface area contributed by atoms with Crippen molar-refractivity contribution in [2.75, 3.05) is 13.2 Å². The largest absolute Gasteiger partial charge is 0.504 e. The monoisotopic (exact) mass is 334 g/mol. The maximum Gasteiger partial charge on any atom is 0.161 e. The van der Waals surface area contributed by atoms with Crippen LogP contribution in [-0.4, -0.2) is 33.6 Å². The van der Waals surface area contributed by atoms with Gasteiger partial charge >= 0.3 is 0 Å². The first-order chi connectivity index (χ1) is 11.3. The van der Waals surface area contributed by atoms with Crippen LogP contribution in [0.5, 0.6) is 11.5 Å². The number of aromatic hydroxyl groups is 2. The third-order valence-corrected chi connectivity index (χ3v) is 6.73. The normalized spacial score (nSPS) is 29.6. The molecule has 0 radical (unpaired) electrons. The lowest BCUT2D eigenvalue weighted by Crippen LogP contribution is -2.52. The van der Waals surface area contributed by atoms with Crippen LogP contribution in [0.15, 0.2) is 6.07 Å². The lowest BCUT2D eigenvalue weighted by molar-refractivity contribution is -0.00663. The highest BCUT2D eigenvalue weighted by Crippen LogP contribution is 2.60. The molecule has 3 rings (SSSR count). The highest BCUT2D eigenvalue weighted by Gasteiger charge is 2.53. The zero-order valence-electron chi connectivity index (χ0n) is 15.0. The molecule has 0 spiro atoms. The minimum Gasteiger partial charge on any atom is -0.504 e. The Morgan fingerprint density at radius 3 is 2.50 bits per heavy atom. The molecule has 2 aliphatic rings. The smallest absolute Gasteiger partial charge is 0.161 e. The van der Waals surface area contributed by atoms with Crippen molar-refractivity contribution < 1.29 is 20.4 Å². The quantitative estimate of drug-likeness (QED) is 0.640. The summed E-state index contributed by atoms with van der Waals surface area (Å²) in [6, 6.07) is 1.93. The average molecular weight is 334 g/mol. The number of hydrogen-bond acceptors (Lipinski definition) is 4. The van der Waals surface area contributed by atoms with Gasteiger partial charge in [-0.3, -0.25) is 0 Å². The highest BCUT2D eigenvalue weighted by molar-refractivity contribution is 5.59. The Morgan fingerprint density at radius 2 is 1.88 bits per heavy atom. The Labute approximate surface area is 144 Å². The summed E-state index contributed by atoms with van der Waals surface area (Å²) in [6.45, 7) is 6.26. The molecule has 4 N–H and O–H groups in total. The molecule has 3 atom stereocenters. The Bertz CT molecular complexity index is 637. The number of fused-ring (bicyclic) bond motifs is 3. The Morgan fingerprint density at radius 1 is 1.17 bits per heavy atom. The van der Waals surface area contributed by atoms with Gasteiger partial charge in [0.05, 0.1) is 6.61 Å². The van der Waals surface area contributed by atoms with E-state index in [0.717, 1.165) is 43.2 Å². The Kier molecular flexibility index (Phi) is 4.33. The molecule has 1 saturated carbocycles. The van der Waals surface area contributed by atoms with Crippen molar-refractivity contribution in [3.63, 3.8) is 0 Å². The number of phenolic OH excluding ortho intramolecular Hbond substituents is 2. The number of hydrogen-bond donors (Lipinski definition) is 4. The summed E-state index contributed by atoms with van der Waals surface area (Å²) in [4.78, 5) is 0. The van der Waals surface area contributed by atoms with Crippen LogP contribution in [0, 0.1) is 11.3 Å². The van der Waals surface area contributed by atoms with Gasteiger partial charge in [-0.2, -0.15) is 0 Å². The van der Waals surface area contributed by atoms with Crippen molar-refractivity contribution in [2.45, 2.75) is 64.2 Å². The zero-order valence-corrected chi connectivity index (χ0v) is 15.0. The summed E-state index contributed by atoms with van der Waals surface area (Å²) >= 11 is 0. The van der Waals surface area contributed by atoms with E-state index in [4.69, 9.17) is 0 Å². The van der Waals surface area contributed by atoms with Crippen molar-refractivity contribution in [2.24, 2.45) is 11.3 Å². The first-order valence-electron chi connectivity index (χ1n) is 9.08. The average Bonchev–Trinajstić information content (AvgIpc) is 2.56. The van der Waals surface area contributed by atoms with E-state index >= 15 is 0 Å². The fourth-order valence-corrected chi connectivity index (χ4v) is 5.45. The number of benzene rings is 1. The van der Waals surface area contributed by atoms with Gasteiger partial charge < -0.3 is 20.4 Å². The molecule has 0 saturated heterocycles. The van der Waals surface area contributed by atoms with Gasteiger partial charge in [-0.1, -0.05) is 33.3 Å². The van der Waals surface area contributed by atoms with E-state index in [0.29, 0.717) is 11.5 Å². The van der Waals surface area contributed by atoms with Crippen LogP contribution in [0.3, 0.4) is 0 Å². The molecule has 1 aromatic rings. The van der Waals surface area contributed by atoms with E-state index in [1.807, 2.05) is 13.0 Å². The number of rotatable bonds is 3.